The molecule has 2 atom stereocenters. The zero-order valence-electron chi connectivity index (χ0n) is 11.4. The first-order valence-corrected chi connectivity index (χ1v) is 7.47. The summed E-state index contributed by atoms with van der Waals surface area (Å²) in [6, 6.07) is 0. The third kappa shape index (κ3) is 3.43. The van der Waals surface area contributed by atoms with Crippen LogP contribution in [0.3, 0.4) is 0 Å². The van der Waals surface area contributed by atoms with Crippen molar-refractivity contribution in [2.24, 2.45) is 11.8 Å². The Balaban J connectivity index is 2.61. The quantitative estimate of drug-likeness (QED) is 0.679. The number of carbonyl (C=O) groups is 1. The van der Waals surface area contributed by atoms with Crippen LogP contribution in [-0.4, -0.2) is 56.8 Å². The molecule has 7 heteroatoms. The summed E-state index contributed by atoms with van der Waals surface area (Å²) in [7, 11) is -0.665. The lowest BCUT2D eigenvalue weighted by atomic mass is 10.0. The Morgan fingerprint density at radius 2 is 1.83 bits per heavy atom. The van der Waals surface area contributed by atoms with Crippen molar-refractivity contribution in [3.05, 3.63) is 0 Å². The second kappa shape index (κ2) is 5.99. The molecule has 0 aromatic carbocycles. The van der Waals surface area contributed by atoms with Crippen LogP contribution in [0.1, 0.15) is 20.3 Å². The number of ether oxygens (including phenoxy) is 1. The number of methoxy groups -OCH3 is 1. The largest absolute Gasteiger partial charge is 0.469 e. The van der Waals surface area contributed by atoms with E-state index in [4.69, 9.17) is 0 Å². The minimum atomic E-state index is -3.45. The molecule has 0 N–H and O–H groups in total. The molecule has 2 unspecified atom stereocenters. The average Bonchev–Trinajstić information content (AvgIpc) is 2.66. The smallest absolute Gasteiger partial charge is 0.306 e. The summed E-state index contributed by atoms with van der Waals surface area (Å²) in [5.74, 6) is 0.336. The van der Waals surface area contributed by atoms with Crippen molar-refractivity contribution in [3.63, 3.8) is 0 Å². The van der Waals surface area contributed by atoms with Crippen molar-refractivity contribution in [1.82, 2.24) is 8.61 Å². The fourth-order valence-electron chi connectivity index (χ4n) is 1.93. The predicted molar refractivity (Wildman–Crippen MR) is 68.1 cm³/mol. The molecule has 1 aliphatic heterocycles. The summed E-state index contributed by atoms with van der Waals surface area (Å²) in [6.45, 7) is 5.34. The van der Waals surface area contributed by atoms with Gasteiger partial charge >= 0.3 is 5.97 Å². The molecule has 1 saturated heterocycles. The van der Waals surface area contributed by atoms with E-state index in [2.05, 4.69) is 18.6 Å². The molecule has 6 nitrogen and oxygen atoms in total. The average molecular weight is 278 g/mol. The Bertz CT molecular complexity index is 386. The van der Waals surface area contributed by atoms with Crippen LogP contribution in [0.2, 0.25) is 0 Å². The molecule has 0 aliphatic carbocycles. The van der Waals surface area contributed by atoms with Gasteiger partial charge < -0.3 is 4.74 Å². The van der Waals surface area contributed by atoms with Gasteiger partial charge in [-0.2, -0.15) is 17.0 Å². The molecule has 0 amide bonds. The number of carbonyl (C=O) groups excluding carboxylic acids is 1. The van der Waals surface area contributed by atoms with Crippen LogP contribution in [0.5, 0.6) is 0 Å². The monoisotopic (exact) mass is 278 g/mol. The van der Waals surface area contributed by atoms with Gasteiger partial charge in [-0.05, 0) is 11.8 Å². The zero-order chi connectivity index (χ0) is 13.9. The fraction of sp³-hybridized carbons (Fsp3) is 0.909. The highest BCUT2D eigenvalue weighted by atomic mass is 32.2. The van der Waals surface area contributed by atoms with Crippen LogP contribution in [0.15, 0.2) is 0 Å². The van der Waals surface area contributed by atoms with Gasteiger partial charge in [0.25, 0.3) is 10.2 Å². The molecule has 0 aromatic heterocycles. The first-order valence-electron chi connectivity index (χ1n) is 6.07. The maximum absolute atomic E-state index is 12.2. The number of hydrogen-bond acceptors (Lipinski definition) is 4. The second-order valence-electron chi connectivity index (χ2n) is 4.93. The third-order valence-corrected chi connectivity index (χ3v) is 5.45. The molecule has 0 bridgehead atoms. The molecule has 1 rings (SSSR count). The van der Waals surface area contributed by atoms with Crippen LogP contribution in [0, 0.1) is 11.8 Å². The summed E-state index contributed by atoms with van der Waals surface area (Å²) in [5, 5.41) is 0. The van der Waals surface area contributed by atoms with Gasteiger partial charge in [-0.1, -0.05) is 13.8 Å². The van der Waals surface area contributed by atoms with Crippen molar-refractivity contribution in [3.8, 4) is 0 Å². The van der Waals surface area contributed by atoms with Gasteiger partial charge in [0.15, 0.2) is 0 Å². The van der Waals surface area contributed by atoms with E-state index in [0.29, 0.717) is 24.9 Å². The molecule has 1 fully saturated rings. The van der Waals surface area contributed by atoms with Gasteiger partial charge in [-0.15, -0.1) is 0 Å². The van der Waals surface area contributed by atoms with Gasteiger partial charge in [0.2, 0.25) is 0 Å². The van der Waals surface area contributed by atoms with Crippen molar-refractivity contribution in [2.75, 3.05) is 33.8 Å². The summed E-state index contributed by atoms with van der Waals surface area (Å²) in [6.07, 6.45) is 0.0746. The Hall–Kier alpha value is -0.660. The lowest BCUT2D eigenvalue weighted by molar-refractivity contribution is -0.140. The second-order valence-corrected chi connectivity index (χ2v) is 6.96. The van der Waals surface area contributed by atoms with E-state index in [-0.39, 0.29) is 13.0 Å². The van der Waals surface area contributed by atoms with Crippen LogP contribution >= 0.6 is 0 Å². The Kier molecular flexibility index (Phi) is 5.12. The minimum absolute atomic E-state index is 0.0746. The van der Waals surface area contributed by atoms with Crippen LogP contribution in [0.25, 0.3) is 0 Å². The number of esters is 1. The van der Waals surface area contributed by atoms with Gasteiger partial charge in [0, 0.05) is 26.7 Å². The van der Waals surface area contributed by atoms with Gasteiger partial charge in [-0.3, -0.25) is 4.79 Å². The van der Waals surface area contributed by atoms with Gasteiger partial charge in [-0.25, -0.2) is 0 Å². The lowest BCUT2D eigenvalue weighted by Gasteiger charge is -2.23. The molecule has 106 valence electrons. The minimum Gasteiger partial charge on any atom is -0.469 e. The molecule has 1 aliphatic rings. The summed E-state index contributed by atoms with van der Waals surface area (Å²) >= 11 is 0. The van der Waals surface area contributed by atoms with Crippen LogP contribution in [-0.2, 0) is 19.7 Å². The molecule has 0 aromatic rings. The van der Waals surface area contributed by atoms with E-state index in [1.165, 1.54) is 22.8 Å². The molecular formula is C11H22N2O4S. The summed E-state index contributed by atoms with van der Waals surface area (Å²) in [5.41, 5.74) is 0. The van der Waals surface area contributed by atoms with E-state index in [1.807, 2.05) is 0 Å². The predicted octanol–water partition coefficient (Wildman–Crippen LogP) is 0.314. The highest BCUT2D eigenvalue weighted by molar-refractivity contribution is 7.86. The summed E-state index contributed by atoms with van der Waals surface area (Å²) < 4.78 is 31.7. The van der Waals surface area contributed by atoms with Crippen molar-refractivity contribution in [1.29, 1.82) is 0 Å². The third-order valence-electron chi connectivity index (χ3n) is 3.53. The van der Waals surface area contributed by atoms with E-state index in [1.54, 1.807) is 0 Å². The van der Waals surface area contributed by atoms with Gasteiger partial charge in [0.05, 0.1) is 13.5 Å². The number of nitrogens with zero attached hydrogens (tertiary/aromatic N) is 2. The Labute approximate surface area is 109 Å². The van der Waals surface area contributed by atoms with E-state index < -0.39 is 16.2 Å². The highest BCUT2D eigenvalue weighted by Crippen LogP contribution is 2.25. The Morgan fingerprint density at radius 1 is 1.33 bits per heavy atom. The lowest BCUT2D eigenvalue weighted by Crippen LogP contribution is -2.41. The van der Waals surface area contributed by atoms with E-state index in [9.17, 15) is 13.2 Å². The topological polar surface area (TPSA) is 66.9 Å². The summed E-state index contributed by atoms with van der Waals surface area (Å²) in [4.78, 5) is 11.0. The Morgan fingerprint density at radius 3 is 2.28 bits per heavy atom. The molecule has 1 heterocycles. The molecule has 0 radical (unpaired) electrons. The fourth-order valence-corrected chi connectivity index (χ4v) is 3.49. The maximum Gasteiger partial charge on any atom is 0.306 e. The number of rotatable bonds is 5. The first kappa shape index (κ1) is 15.4. The van der Waals surface area contributed by atoms with Crippen molar-refractivity contribution in [2.45, 2.75) is 20.3 Å². The first-order chi connectivity index (χ1) is 8.28. The van der Waals surface area contributed by atoms with E-state index in [0.717, 1.165) is 0 Å². The number of hydrogen-bond donors (Lipinski definition) is 0. The molecular weight excluding hydrogens is 256 g/mol. The van der Waals surface area contributed by atoms with Crippen LogP contribution in [0.4, 0.5) is 0 Å². The van der Waals surface area contributed by atoms with Crippen molar-refractivity contribution >= 4 is 16.2 Å². The van der Waals surface area contributed by atoms with Gasteiger partial charge in [0.1, 0.15) is 0 Å². The normalized spacial score (nSPS) is 25.6. The van der Waals surface area contributed by atoms with E-state index >= 15 is 0 Å². The standard InChI is InChI=1S/C11H22N2O4S/c1-9-7-13(8-10(9)2)18(15,16)12(3)6-5-11(14)17-4/h9-10H,5-8H2,1-4H3. The maximum atomic E-state index is 12.2. The zero-order valence-corrected chi connectivity index (χ0v) is 12.2. The SMILES string of the molecule is COC(=O)CCN(C)S(=O)(=O)N1CC(C)C(C)C1. The highest BCUT2D eigenvalue weighted by Gasteiger charge is 2.36. The molecule has 18 heavy (non-hydrogen) atoms. The molecule has 0 spiro atoms. The van der Waals surface area contributed by atoms with Crippen molar-refractivity contribution < 1.29 is 17.9 Å². The van der Waals surface area contributed by atoms with Crippen LogP contribution < -0.4 is 0 Å². The molecule has 0 saturated carbocycles.